The lowest BCUT2D eigenvalue weighted by Gasteiger charge is -2.25. The van der Waals surface area contributed by atoms with Crippen LogP contribution in [0.1, 0.15) is 58.1 Å². The lowest BCUT2D eigenvalue weighted by Crippen LogP contribution is -2.34. The van der Waals surface area contributed by atoms with E-state index in [1.165, 1.54) is 37.8 Å². The van der Waals surface area contributed by atoms with Crippen molar-refractivity contribution in [1.29, 1.82) is 0 Å². The van der Waals surface area contributed by atoms with Crippen molar-refractivity contribution in [2.45, 2.75) is 64.6 Å². The van der Waals surface area contributed by atoms with Gasteiger partial charge in [0.1, 0.15) is 5.75 Å². The first-order chi connectivity index (χ1) is 10.1. The molecule has 0 bridgehead atoms. The van der Waals surface area contributed by atoms with Crippen molar-refractivity contribution in [2.75, 3.05) is 13.1 Å². The molecule has 0 aliphatic heterocycles. The Morgan fingerprint density at radius 1 is 1.24 bits per heavy atom. The van der Waals surface area contributed by atoms with Crippen molar-refractivity contribution in [1.82, 2.24) is 4.90 Å². The molecule has 1 fully saturated rings. The van der Waals surface area contributed by atoms with E-state index < -0.39 is 0 Å². The van der Waals surface area contributed by atoms with Gasteiger partial charge in [-0.15, -0.1) is 0 Å². The molecule has 21 heavy (non-hydrogen) atoms. The summed E-state index contributed by atoms with van der Waals surface area (Å²) < 4.78 is 5.68. The molecule has 0 saturated heterocycles. The molecule has 118 valence electrons. The second kappa shape index (κ2) is 7.81. The smallest absolute Gasteiger partial charge is 0.119 e. The van der Waals surface area contributed by atoms with Crippen LogP contribution in [0.25, 0.3) is 0 Å². The highest BCUT2D eigenvalue weighted by atomic mass is 16.5. The number of benzene rings is 1. The average molecular weight is 290 g/mol. The summed E-state index contributed by atoms with van der Waals surface area (Å²) in [4.78, 5) is 2.58. The van der Waals surface area contributed by atoms with Gasteiger partial charge in [-0.3, -0.25) is 4.90 Å². The summed E-state index contributed by atoms with van der Waals surface area (Å²) in [5.74, 6) is 0.922. The zero-order valence-corrected chi connectivity index (χ0v) is 13.7. The average Bonchev–Trinajstić information content (AvgIpc) is 3.28. The summed E-state index contributed by atoms with van der Waals surface area (Å²) in [6, 6.07) is 9.15. The van der Waals surface area contributed by atoms with E-state index in [9.17, 15) is 0 Å². The van der Waals surface area contributed by atoms with E-state index in [2.05, 4.69) is 24.0 Å². The fourth-order valence-corrected chi connectivity index (χ4v) is 2.65. The zero-order chi connectivity index (χ0) is 15.2. The molecule has 3 heteroatoms. The van der Waals surface area contributed by atoms with Gasteiger partial charge in [-0.1, -0.05) is 25.5 Å². The number of nitrogens with zero attached hydrogens (tertiary/aromatic N) is 1. The Hall–Kier alpha value is -1.06. The summed E-state index contributed by atoms with van der Waals surface area (Å²) in [5.41, 5.74) is 7.60. The quantitative estimate of drug-likeness (QED) is 0.753. The third-order valence-corrected chi connectivity index (χ3v) is 3.97. The van der Waals surface area contributed by atoms with Gasteiger partial charge in [0.2, 0.25) is 0 Å². The molecule has 1 unspecified atom stereocenters. The second-order valence-electron chi connectivity index (χ2n) is 6.42. The molecule has 1 aliphatic rings. The number of unbranched alkanes of at least 4 members (excludes halogenated alkanes) is 1. The predicted octanol–water partition coefficient (Wildman–Crippen LogP) is 3.74. The molecule has 2 N–H and O–H groups in total. The van der Waals surface area contributed by atoms with Gasteiger partial charge in [-0.05, 0) is 57.4 Å². The van der Waals surface area contributed by atoms with E-state index in [1.807, 2.05) is 26.0 Å². The van der Waals surface area contributed by atoms with Crippen LogP contribution in [0.5, 0.6) is 5.75 Å². The molecule has 0 aromatic heterocycles. The second-order valence-corrected chi connectivity index (χ2v) is 6.42. The Kier molecular flexibility index (Phi) is 6.07. The van der Waals surface area contributed by atoms with Crippen LogP contribution in [0, 0.1) is 0 Å². The lowest BCUT2D eigenvalue weighted by molar-refractivity contribution is 0.240. The lowest BCUT2D eigenvalue weighted by atomic mass is 10.1. The van der Waals surface area contributed by atoms with Crippen LogP contribution < -0.4 is 10.5 Å². The van der Waals surface area contributed by atoms with E-state index in [4.69, 9.17) is 10.5 Å². The highest BCUT2D eigenvalue weighted by Crippen LogP contribution is 2.29. The van der Waals surface area contributed by atoms with Crippen LogP contribution in [0.3, 0.4) is 0 Å². The molecule has 1 aromatic carbocycles. The first-order valence-electron chi connectivity index (χ1n) is 8.36. The monoisotopic (exact) mass is 290 g/mol. The molecule has 1 aromatic rings. The minimum Gasteiger partial charge on any atom is -0.491 e. The summed E-state index contributed by atoms with van der Waals surface area (Å²) in [7, 11) is 0. The molecule has 3 nitrogen and oxygen atoms in total. The number of rotatable bonds is 9. The highest BCUT2D eigenvalue weighted by molar-refractivity contribution is 5.29. The third-order valence-electron chi connectivity index (χ3n) is 3.97. The Balaban J connectivity index is 1.90. The molecule has 0 radical (unpaired) electrons. The van der Waals surface area contributed by atoms with Gasteiger partial charge in [-0.2, -0.15) is 0 Å². The minimum absolute atomic E-state index is 0.0931. The molecule has 1 atom stereocenters. The molecule has 1 saturated carbocycles. The Labute approximate surface area is 129 Å². The van der Waals surface area contributed by atoms with Crippen LogP contribution in [0.4, 0.5) is 0 Å². The maximum Gasteiger partial charge on any atom is 0.119 e. The molecule has 2 rings (SSSR count). The van der Waals surface area contributed by atoms with Gasteiger partial charge in [0.05, 0.1) is 6.10 Å². The van der Waals surface area contributed by atoms with Gasteiger partial charge in [0.25, 0.3) is 0 Å². The summed E-state index contributed by atoms with van der Waals surface area (Å²) in [5, 5.41) is 0. The maximum atomic E-state index is 6.40. The zero-order valence-electron chi connectivity index (χ0n) is 13.7. The van der Waals surface area contributed by atoms with Crippen LogP contribution in [0.2, 0.25) is 0 Å². The third kappa shape index (κ3) is 5.33. The number of hydrogen-bond acceptors (Lipinski definition) is 3. The molecular weight excluding hydrogens is 260 g/mol. The highest BCUT2D eigenvalue weighted by Gasteiger charge is 2.29. The first kappa shape index (κ1) is 16.3. The van der Waals surface area contributed by atoms with Gasteiger partial charge in [-0.25, -0.2) is 0 Å². The topological polar surface area (TPSA) is 38.5 Å². The van der Waals surface area contributed by atoms with E-state index in [0.717, 1.165) is 18.3 Å². The standard InChI is InChI=1S/C18H30N2O/c1-4-5-12-20(16-8-9-16)13-18(19)15-6-10-17(11-7-15)21-14(2)3/h6-7,10-11,14,16,18H,4-5,8-9,12-13,19H2,1-3H3. The predicted molar refractivity (Wildman–Crippen MR) is 88.6 cm³/mol. The van der Waals surface area contributed by atoms with Crippen molar-refractivity contribution in [3.63, 3.8) is 0 Å². The Bertz CT molecular complexity index is 412. The van der Waals surface area contributed by atoms with Crippen molar-refractivity contribution in [3.8, 4) is 5.75 Å². The number of hydrogen-bond donors (Lipinski definition) is 1. The minimum atomic E-state index is 0.0931. The normalized spacial score (nSPS) is 16.5. The van der Waals surface area contributed by atoms with Gasteiger partial charge in [0, 0.05) is 18.6 Å². The van der Waals surface area contributed by atoms with E-state index in [1.54, 1.807) is 0 Å². The van der Waals surface area contributed by atoms with Gasteiger partial charge >= 0.3 is 0 Å². The van der Waals surface area contributed by atoms with E-state index in [-0.39, 0.29) is 12.1 Å². The Morgan fingerprint density at radius 2 is 1.90 bits per heavy atom. The largest absolute Gasteiger partial charge is 0.491 e. The van der Waals surface area contributed by atoms with Crippen molar-refractivity contribution < 1.29 is 4.74 Å². The maximum absolute atomic E-state index is 6.40. The summed E-state index contributed by atoms with van der Waals surface area (Å²) in [6.07, 6.45) is 5.42. The van der Waals surface area contributed by atoms with Crippen molar-refractivity contribution >= 4 is 0 Å². The van der Waals surface area contributed by atoms with E-state index >= 15 is 0 Å². The molecule has 0 heterocycles. The number of ether oxygens (including phenoxy) is 1. The number of nitrogens with two attached hydrogens (primary N) is 1. The van der Waals surface area contributed by atoms with Gasteiger partial charge < -0.3 is 10.5 Å². The van der Waals surface area contributed by atoms with Crippen LogP contribution in [-0.4, -0.2) is 30.1 Å². The van der Waals surface area contributed by atoms with Crippen molar-refractivity contribution in [3.05, 3.63) is 29.8 Å². The fraction of sp³-hybridized carbons (Fsp3) is 0.667. The summed E-state index contributed by atoms with van der Waals surface area (Å²) >= 11 is 0. The SMILES string of the molecule is CCCCN(CC(N)c1ccc(OC(C)C)cc1)C1CC1. The van der Waals surface area contributed by atoms with E-state index in [0.29, 0.717) is 0 Å². The summed E-state index contributed by atoms with van der Waals surface area (Å²) in [6.45, 7) is 8.48. The first-order valence-corrected chi connectivity index (χ1v) is 8.36. The fourth-order valence-electron chi connectivity index (χ4n) is 2.65. The molecular formula is C18H30N2O. The molecule has 0 amide bonds. The van der Waals surface area contributed by atoms with Crippen LogP contribution in [0.15, 0.2) is 24.3 Å². The molecule has 1 aliphatic carbocycles. The van der Waals surface area contributed by atoms with Crippen LogP contribution >= 0.6 is 0 Å². The van der Waals surface area contributed by atoms with Crippen molar-refractivity contribution in [2.24, 2.45) is 5.73 Å². The van der Waals surface area contributed by atoms with Crippen LogP contribution in [-0.2, 0) is 0 Å². The Morgan fingerprint density at radius 3 is 2.43 bits per heavy atom. The van der Waals surface area contributed by atoms with Gasteiger partial charge in [0.15, 0.2) is 0 Å². The molecule has 0 spiro atoms.